The second-order valence-corrected chi connectivity index (χ2v) is 7.64. The summed E-state index contributed by atoms with van der Waals surface area (Å²) in [6.07, 6.45) is 1.28. The van der Waals surface area contributed by atoms with E-state index in [1.807, 2.05) is 6.92 Å². The number of hydrogen-bond donors (Lipinski definition) is 2. The number of carbonyl (C=O) groups is 2. The summed E-state index contributed by atoms with van der Waals surface area (Å²) in [6, 6.07) is 16.2. The maximum atomic E-state index is 14.0. The van der Waals surface area contributed by atoms with Gasteiger partial charge in [-0.2, -0.15) is 0 Å². The molecule has 3 rings (SSSR count). The van der Waals surface area contributed by atoms with Gasteiger partial charge in [0.2, 0.25) is 0 Å². The number of nitro groups is 1. The minimum Gasteiger partial charge on any atom is -0.320 e. The maximum Gasteiger partial charge on any atom is 0.272 e. The fourth-order valence-corrected chi connectivity index (χ4v) is 3.39. The molecule has 0 aliphatic rings. The van der Waals surface area contributed by atoms with Gasteiger partial charge in [-0.25, -0.2) is 4.39 Å². The molecule has 3 aromatic carbocycles. The van der Waals surface area contributed by atoms with Gasteiger partial charge in [0.1, 0.15) is 11.5 Å². The molecule has 0 bridgehead atoms. The van der Waals surface area contributed by atoms with Crippen molar-refractivity contribution in [2.24, 2.45) is 0 Å². The molecule has 0 spiro atoms. The van der Waals surface area contributed by atoms with E-state index in [2.05, 4.69) is 26.6 Å². The molecule has 0 aliphatic heterocycles. The van der Waals surface area contributed by atoms with Gasteiger partial charge in [-0.05, 0) is 64.3 Å². The van der Waals surface area contributed by atoms with Crippen molar-refractivity contribution in [1.82, 2.24) is 5.32 Å². The van der Waals surface area contributed by atoms with Crippen molar-refractivity contribution in [3.63, 3.8) is 0 Å². The quantitative estimate of drug-likeness (QED) is 0.277. The standard InChI is InChI=1S/C23H17BrFN3O4/c1-14-9-10-20(18(24)11-14)26-23(30)21(13-15-5-4-6-16(12-15)28(31)32)27-22(29)17-7-2-3-8-19(17)25/h2-13H,1H3,(H,26,30)(H,27,29)/b21-13-. The van der Waals surface area contributed by atoms with Crippen molar-refractivity contribution >= 4 is 45.2 Å². The third kappa shape index (κ3) is 5.64. The van der Waals surface area contributed by atoms with Crippen LogP contribution in [0.1, 0.15) is 21.5 Å². The van der Waals surface area contributed by atoms with Crippen molar-refractivity contribution in [2.45, 2.75) is 6.92 Å². The number of nitrogens with one attached hydrogen (secondary N) is 2. The Labute approximate surface area is 191 Å². The van der Waals surface area contributed by atoms with Crippen LogP contribution in [0.2, 0.25) is 0 Å². The Balaban J connectivity index is 1.97. The number of carbonyl (C=O) groups excluding carboxylic acids is 2. The highest BCUT2D eigenvalue weighted by Gasteiger charge is 2.18. The lowest BCUT2D eigenvalue weighted by Crippen LogP contribution is -2.31. The molecule has 0 fully saturated rings. The second kappa shape index (κ2) is 9.97. The average Bonchev–Trinajstić information content (AvgIpc) is 2.75. The smallest absolute Gasteiger partial charge is 0.272 e. The van der Waals surface area contributed by atoms with E-state index in [1.165, 1.54) is 48.5 Å². The monoisotopic (exact) mass is 497 g/mol. The molecule has 3 aromatic rings. The van der Waals surface area contributed by atoms with Crippen LogP contribution in [0.3, 0.4) is 0 Å². The molecule has 32 heavy (non-hydrogen) atoms. The highest BCUT2D eigenvalue weighted by atomic mass is 79.9. The molecule has 0 aromatic heterocycles. The van der Waals surface area contributed by atoms with E-state index in [9.17, 15) is 24.1 Å². The normalized spacial score (nSPS) is 11.0. The predicted octanol–water partition coefficient (Wildman–Crippen LogP) is 5.21. The molecule has 2 amide bonds. The summed E-state index contributed by atoms with van der Waals surface area (Å²) in [5, 5.41) is 16.1. The van der Waals surface area contributed by atoms with Gasteiger partial charge in [0.05, 0.1) is 16.2 Å². The first-order chi connectivity index (χ1) is 15.2. The van der Waals surface area contributed by atoms with E-state index in [0.29, 0.717) is 15.7 Å². The summed E-state index contributed by atoms with van der Waals surface area (Å²) in [5.41, 5.74) is 1.08. The zero-order valence-corrected chi connectivity index (χ0v) is 18.4. The molecule has 9 heteroatoms. The Kier molecular flexibility index (Phi) is 7.11. The Morgan fingerprint density at radius 2 is 1.81 bits per heavy atom. The van der Waals surface area contributed by atoms with E-state index >= 15 is 0 Å². The molecule has 0 saturated heterocycles. The Morgan fingerprint density at radius 3 is 2.50 bits per heavy atom. The Morgan fingerprint density at radius 1 is 1.06 bits per heavy atom. The molecule has 7 nitrogen and oxygen atoms in total. The fraction of sp³-hybridized carbons (Fsp3) is 0.0435. The predicted molar refractivity (Wildman–Crippen MR) is 122 cm³/mol. The number of benzene rings is 3. The lowest BCUT2D eigenvalue weighted by Gasteiger charge is -2.13. The fourth-order valence-electron chi connectivity index (χ4n) is 2.80. The number of nitro benzene ring substituents is 1. The van der Waals surface area contributed by atoms with Gasteiger partial charge in [-0.15, -0.1) is 0 Å². The number of nitrogens with zero attached hydrogens (tertiary/aromatic N) is 1. The van der Waals surface area contributed by atoms with E-state index in [1.54, 1.807) is 18.2 Å². The first-order valence-corrected chi connectivity index (χ1v) is 10.1. The molecule has 2 N–H and O–H groups in total. The first kappa shape index (κ1) is 22.8. The van der Waals surface area contributed by atoms with Crippen molar-refractivity contribution in [3.8, 4) is 0 Å². The lowest BCUT2D eigenvalue weighted by atomic mass is 10.1. The summed E-state index contributed by atoms with van der Waals surface area (Å²) in [7, 11) is 0. The number of aryl methyl sites for hydroxylation is 1. The van der Waals surface area contributed by atoms with Crippen LogP contribution in [0.5, 0.6) is 0 Å². The van der Waals surface area contributed by atoms with Crippen LogP contribution in [-0.4, -0.2) is 16.7 Å². The van der Waals surface area contributed by atoms with Crippen molar-refractivity contribution in [1.29, 1.82) is 0 Å². The maximum absolute atomic E-state index is 14.0. The third-order valence-corrected chi connectivity index (χ3v) is 5.03. The zero-order chi connectivity index (χ0) is 23.3. The summed E-state index contributed by atoms with van der Waals surface area (Å²) in [5.74, 6) is -2.27. The summed E-state index contributed by atoms with van der Waals surface area (Å²) >= 11 is 3.37. The van der Waals surface area contributed by atoms with Gasteiger partial charge in [0.15, 0.2) is 0 Å². The van der Waals surface area contributed by atoms with Crippen LogP contribution in [0.15, 0.2) is 76.9 Å². The van der Waals surface area contributed by atoms with Crippen molar-refractivity contribution < 1.29 is 18.9 Å². The van der Waals surface area contributed by atoms with Crippen LogP contribution in [0.4, 0.5) is 15.8 Å². The summed E-state index contributed by atoms with van der Waals surface area (Å²) in [4.78, 5) is 36.1. The third-order valence-electron chi connectivity index (χ3n) is 4.38. The molecule has 0 atom stereocenters. The molecule has 162 valence electrons. The van der Waals surface area contributed by atoms with Gasteiger partial charge < -0.3 is 10.6 Å². The minimum atomic E-state index is -0.835. The Bertz CT molecular complexity index is 1240. The molecule has 0 radical (unpaired) electrons. The van der Waals surface area contributed by atoms with Crippen LogP contribution in [0.25, 0.3) is 6.08 Å². The van der Waals surface area contributed by atoms with Crippen LogP contribution in [0, 0.1) is 22.9 Å². The van der Waals surface area contributed by atoms with Crippen LogP contribution >= 0.6 is 15.9 Å². The van der Waals surface area contributed by atoms with Crippen LogP contribution < -0.4 is 10.6 Å². The number of non-ortho nitro benzene ring substituents is 1. The summed E-state index contributed by atoms with van der Waals surface area (Å²) < 4.78 is 14.7. The van der Waals surface area contributed by atoms with Gasteiger partial charge in [-0.3, -0.25) is 19.7 Å². The number of amides is 2. The van der Waals surface area contributed by atoms with Crippen LogP contribution in [-0.2, 0) is 4.79 Å². The number of hydrogen-bond acceptors (Lipinski definition) is 4. The van der Waals surface area contributed by atoms with Gasteiger partial charge in [0.25, 0.3) is 17.5 Å². The zero-order valence-electron chi connectivity index (χ0n) is 16.8. The van der Waals surface area contributed by atoms with Crippen molar-refractivity contribution in [2.75, 3.05) is 5.32 Å². The van der Waals surface area contributed by atoms with E-state index in [-0.39, 0.29) is 16.9 Å². The molecular formula is C23H17BrFN3O4. The van der Waals surface area contributed by atoms with Gasteiger partial charge >= 0.3 is 0 Å². The molecule has 0 unspecified atom stereocenters. The Hall–Kier alpha value is -3.85. The van der Waals surface area contributed by atoms with Crippen molar-refractivity contribution in [3.05, 3.63) is 110 Å². The minimum absolute atomic E-state index is 0.180. The van der Waals surface area contributed by atoms with Gasteiger partial charge in [0, 0.05) is 16.6 Å². The van der Waals surface area contributed by atoms with E-state index < -0.39 is 22.6 Å². The molecular weight excluding hydrogens is 481 g/mol. The lowest BCUT2D eigenvalue weighted by molar-refractivity contribution is -0.384. The number of rotatable bonds is 6. The molecule has 0 aliphatic carbocycles. The van der Waals surface area contributed by atoms with E-state index in [0.717, 1.165) is 11.6 Å². The highest BCUT2D eigenvalue weighted by Crippen LogP contribution is 2.24. The average molecular weight is 498 g/mol. The topological polar surface area (TPSA) is 101 Å². The first-order valence-electron chi connectivity index (χ1n) is 9.34. The largest absolute Gasteiger partial charge is 0.320 e. The number of halogens is 2. The van der Waals surface area contributed by atoms with Gasteiger partial charge in [-0.1, -0.05) is 30.3 Å². The molecule has 0 saturated carbocycles. The summed E-state index contributed by atoms with van der Waals surface area (Å²) in [6.45, 7) is 1.89. The second-order valence-electron chi connectivity index (χ2n) is 6.78. The SMILES string of the molecule is Cc1ccc(NC(=O)/C(=C/c2cccc([N+](=O)[O-])c2)NC(=O)c2ccccc2F)c(Br)c1. The van der Waals surface area contributed by atoms with E-state index in [4.69, 9.17) is 0 Å². The highest BCUT2D eigenvalue weighted by molar-refractivity contribution is 9.10. The molecule has 0 heterocycles. The number of anilines is 1.